The highest BCUT2D eigenvalue weighted by molar-refractivity contribution is 6.81. The number of aryl methyl sites for hydroxylation is 4. The van der Waals surface area contributed by atoms with Gasteiger partial charge in [-0.05, 0) is 84.7 Å². The lowest BCUT2D eigenvalue weighted by molar-refractivity contribution is 0.399. The van der Waals surface area contributed by atoms with Gasteiger partial charge in [-0.3, -0.25) is 0 Å². The average molecular weight is 725 g/mol. The van der Waals surface area contributed by atoms with Gasteiger partial charge in [-0.1, -0.05) is 163 Å². The molecule has 0 saturated heterocycles. The third kappa shape index (κ3) is 6.66. The predicted molar refractivity (Wildman–Crippen MR) is 233 cm³/mol. The Labute approximate surface area is 322 Å². The number of hydrogen-bond donors (Lipinski definition) is 0. The number of allylic oxidation sites excluding steroid dienone is 2. The summed E-state index contributed by atoms with van der Waals surface area (Å²) in [7, 11) is 1.46. The highest BCUT2D eigenvalue weighted by atomic mass is 28.3. The van der Waals surface area contributed by atoms with Crippen molar-refractivity contribution in [3.63, 3.8) is 0 Å². The molecule has 0 spiro atoms. The van der Waals surface area contributed by atoms with Crippen LogP contribution in [0.25, 0.3) is 34.4 Å². The first-order valence-corrected chi connectivity index (χ1v) is 22.8. The van der Waals surface area contributed by atoms with Crippen molar-refractivity contribution in [1.29, 1.82) is 0 Å². The Morgan fingerprint density at radius 3 is 1.28 bits per heavy atom. The molecule has 6 rings (SSSR count). The molecule has 0 aliphatic heterocycles. The van der Waals surface area contributed by atoms with E-state index < -0.39 is 8.07 Å². The summed E-state index contributed by atoms with van der Waals surface area (Å²) >= 11 is 0. The van der Waals surface area contributed by atoms with Crippen LogP contribution in [-0.2, 0) is 10.8 Å². The smallest absolute Gasteiger partial charge is 0.131 e. The molecule has 3 heteroatoms. The molecular formula is C50H64O2Si. The van der Waals surface area contributed by atoms with Crippen LogP contribution in [0.3, 0.4) is 0 Å². The molecule has 53 heavy (non-hydrogen) atoms. The Hall–Kier alpha value is -3.82. The van der Waals surface area contributed by atoms with Gasteiger partial charge in [0.1, 0.15) is 11.5 Å². The summed E-state index contributed by atoms with van der Waals surface area (Å²) in [5, 5.41) is 0. The molecule has 0 radical (unpaired) electrons. The zero-order valence-corrected chi connectivity index (χ0v) is 36.8. The van der Waals surface area contributed by atoms with Crippen LogP contribution >= 0.6 is 0 Å². The summed E-state index contributed by atoms with van der Waals surface area (Å²) < 4.78 is 12.9. The van der Waals surface area contributed by atoms with E-state index in [0.29, 0.717) is 17.0 Å². The topological polar surface area (TPSA) is 18.5 Å². The summed E-state index contributed by atoms with van der Waals surface area (Å²) in [5.41, 5.74) is 21.9. The number of ether oxygens (including phenoxy) is 2. The van der Waals surface area contributed by atoms with Gasteiger partial charge in [0.2, 0.25) is 0 Å². The first kappa shape index (κ1) is 38.9. The van der Waals surface area contributed by atoms with E-state index in [4.69, 9.17) is 9.47 Å². The molecule has 0 saturated carbocycles. The van der Waals surface area contributed by atoms with Gasteiger partial charge in [0.15, 0.2) is 0 Å². The van der Waals surface area contributed by atoms with Crippen molar-refractivity contribution in [2.45, 2.75) is 125 Å². The molecule has 4 aromatic carbocycles. The molecule has 0 heterocycles. The molecule has 0 fully saturated rings. The number of benzene rings is 4. The van der Waals surface area contributed by atoms with Crippen LogP contribution in [0.4, 0.5) is 0 Å². The van der Waals surface area contributed by atoms with E-state index in [9.17, 15) is 0 Å². The molecule has 0 N–H and O–H groups in total. The van der Waals surface area contributed by atoms with E-state index in [-0.39, 0.29) is 10.8 Å². The lowest BCUT2D eigenvalue weighted by Crippen LogP contribution is -2.43. The van der Waals surface area contributed by atoms with Crippen molar-refractivity contribution in [2.24, 2.45) is 5.92 Å². The summed E-state index contributed by atoms with van der Waals surface area (Å²) in [6, 6.07) is 19.0. The van der Waals surface area contributed by atoms with E-state index in [2.05, 4.69) is 164 Å². The minimum Gasteiger partial charge on any atom is -0.496 e. The lowest BCUT2D eigenvalue weighted by Gasteiger charge is -2.41. The quantitative estimate of drug-likeness (QED) is 0.177. The fraction of sp³-hybridized carbons (Fsp3) is 0.440. The van der Waals surface area contributed by atoms with Crippen molar-refractivity contribution >= 4 is 20.2 Å². The Morgan fingerprint density at radius 2 is 0.925 bits per heavy atom. The Bertz CT molecular complexity index is 2140. The van der Waals surface area contributed by atoms with Crippen LogP contribution < -0.4 is 9.47 Å². The summed E-state index contributed by atoms with van der Waals surface area (Å²) in [6.45, 7) is 35.4. The second-order valence-corrected chi connectivity index (χ2v) is 24.1. The SMILES string of the molecule is COc1c(C(C)(C)C)cc2c(c1-c1cc(C)cc(C)c1)C=C(C)C2[Si](C)(C)C1C(C(C)C)=Cc2c1cc(C(C)(C)C)c(OC)c2-c1cc(C)cc(C)c1. The van der Waals surface area contributed by atoms with Crippen LogP contribution in [0.1, 0.15) is 129 Å². The van der Waals surface area contributed by atoms with Crippen LogP contribution in [0.2, 0.25) is 13.1 Å². The fourth-order valence-electron chi connectivity index (χ4n) is 10.0. The second-order valence-electron chi connectivity index (χ2n) is 19.3. The van der Waals surface area contributed by atoms with Crippen molar-refractivity contribution in [2.75, 3.05) is 14.2 Å². The standard InChI is InChI=1S/C50H64O2Si/c1-28(2)36-25-38-40(27-42(50(11,12)13)46(52-15)44(38)35-22-31(5)19-32(6)23-35)48(36)53(16,17)47-33(7)24-37-39(47)26-41(49(8,9)10)45(51-14)43(37)34-20-29(3)18-30(4)21-34/h18-28,47-48H,1-17H3. The van der Waals surface area contributed by atoms with Gasteiger partial charge in [-0.15, -0.1) is 0 Å². The molecule has 0 bridgehead atoms. The number of methoxy groups -OCH3 is 2. The summed E-state index contributed by atoms with van der Waals surface area (Å²) in [5.74, 6) is 2.44. The molecular weight excluding hydrogens is 661 g/mol. The highest BCUT2D eigenvalue weighted by Gasteiger charge is 2.50. The van der Waals surface area contributed by atoms with Crippen LogP contribution in [-0.4, -0.2) is 22.3 Å². The molecule has 280 valence electrons. The maximum atomic E-state index is 6.44. The lowest BCUT2D eigenvalue weighted by atomic mass is 9.81. The Balaban J connectivity index is 1.67. The van der Waals surface area contributed by atoms with Gasteiger partial charge >= 0.3 is 0 Å². The van der Waals surface area contributed by atoms with Crippen LogP contribution in [0.15, 0.2) is 59.7 Å². The van der Waals surface area contributed by atoms with Crippen LogP contribution in [0.5, 0.6) is 11.5 Å². The van der Waals surface area contributed by atoms with Crippen LogP contribution in [0, 0.1) is 33.6 Å². The average Bonchev–Trinajstić information content (AvgIpc) is 3.59. The van der Waals surface area contributed by atoms with Crippen molar-refractivity contribution < 1.29 is 9.47 Å². The maximum absolute atomic E-state index is 6.44. The van der Waals surface area contributed by atoms with Gasteiger partial charge in [0, 0.05) is 33.3 Å². The zero-order valence-electron chi connectivity index (χ0n) is 35.8. The number of fused-ring (bicyclic) bond motifs is 2. The van der Waals surface area contributed by atoms with Gasteiger partial charge < -0.3 is 9.47 Å². The van der Waals surface area contributed by atoms with E-state index in [1.165, 1.54) is 83.5 Å². The van der Waals surface area contributed by atoms with Crippen molar-refractivity contribution in [3.8, 4) is 33.8 Å². The van der Waals surface area contributed by atoms with Crippen molar-refractivity contribution in [1.82, 2.24) is 0 Å². The Morgan fingerprint density at radius 1 is 0.547 bits per heavy atom. The van der Waals surface area contributed by atoms with E-state index in [1.54, 1.807) is 5.57 Å². The first-order valence-electron chi connectivity index (χ1n) is 19.7. The third-order valence-corrected chi connectivity index (χ3v) is 16.4. The maximum Gasteiger partial charge on any atom is 0.131 e. The van der Waals surface area contributed by atoms with E-state index in [0.717, 1.165) is 11.5 Å². The van der Waals surface area contributed by atoms with Crippen molar-refractivity contribution in [3.05, 3.63) is 115 Å². The molecule has 2 nitrogen and oxygen atoms in total. The number of hydrogen-bond acceptors (Lipinski definition) is 2. The minimum atomic E-state index is -2.26. The first-order chi connectivity index (χ1) is 24.6. The molecule has 4 aromatic rings. The van der Waals surface area contributed by atoms with Gasteiger partial charge in [0.05, 0.1) is 22.3 Å². The zero-order chi connectivity index (χ0) is 39.1. The molecule has 2 atom stereocenters. The second kappa shape index (κ2) is 13.5. The Kier molecular flexibility index (Phi) is 9.89. The summed E-state index contributed by atoms with van der Waals surface area (Å²) in [4.78, 5) is 0. The predicted octanol–water partition coefficient (Wildman–Crippen LogP) is 14.0. The van der Waals surface area contributed by atoms with Gasteiger partial charge in [-0.25, -0.2) is 0 Å². The summed E-state index contributed by atoms with van der Waals surface area (Å²) in [6.07, 6.45) is 5.09. The minimum absolute atomic E-state index is 0.0945. The van der Waals surface area contributed by atoms with Gasteiger partial charge in [-0.2, -0.15) is 0 Å². The highest BCUT2D eigenvalue weighted by Crippen LogP contribution is 2.59. The molecule has 2 unspecified atom stereocenters. The van der Waals surface area contributed by atoms with Gasteiger partial charge in [0.25, 0.3) is 0 Å². The molecule has 2 aliphatic carbocycles. The monoisotopic (exact) mass is 724 g/mol. The normalized spacial score (nSPS) is 17.2. The fourth-order valence-corrected chi connectivity index (χ4v) is 15.0. The van der Waals surface area contributed by atoms with E-state index >= 15 is 0 Å². The largest absolute Gasteiger partial charge is 0.496 e. The molecule has 0 amide bonds. The molecule has 0 aromatic heterocycles. The van der Waals surface area contributed by atoms with E-state index in [1.807, 2.05) is 14.2 Å². The third-order valence-electron chi connectivity index (χ3n) is 12.0. The molecule has 2 aliphatic rings. The number of rotatable bonds is 7.